The van der Waals surface area contributed by atoms with Gasteiger partial charge in [0.25, 0.3) is 0 Å². The maximum atomic E-state index is 11.6. The summed E-state index contributed by atoms with van der Waals surface area (Å²) in [5, 5.41) is 14.2. The number of nitrogens with zero attached hydrogens (tertiary/aromatic N) is 1. The van der Waals surface area contributed by atoms with E-state index in [-0.39, 0.29) is 12.5 Å². The van der Waals surface area contributed by atoms with Crippen LogP contribution in [0.3, 0.4) is 0 Å². The molecule has 1 atom stereocenters. The molecule has 0 aromatic heterocycles. The standard InChI is InChI=1S/C15H29N3O3/c1-13(12-18-9-5-6-10-18)11-17-15(21)16-8-4-2-3-7-14(19)20/h13H,2-12H2,1H3,(H,19,20)(H2,16,17,21). The van der Waals surface area contributed by atoms with Crippen LogP contribution >= 0.6 is 0 Å². The third-order valence-electron chi connectivity index (χ3n) is 3.73. The van der Waals surface area contributed by atoms with E-state index >= 15 is 0 Å². The van der Waals surface area contributed by atoms with E-state index in [4.69, 9.17) is 5.11 Å². The lowest BCUT2D eigenvalue weighted by molar-refractivity contribution is -0.137. The normalized spacial score (nSPS) is 16.6. The Balaban J connectivity index is 1.94. The van der Waals surface area contributed by atoms with Gasteiger partial charge in [-0.25, -0.2) is 4.79 Å². The second-order valence-corrected chi connectivity index (χ2v) is 5.95. The molecule has 21 heavy (non-hydrogen) atoms. The number of rotatable bonds is 10. The Morgan fingerprint density at radius 1 is 1.14 bits per heavy atom. The van der Waals surface area contributed by atoms with E-state index < -0.39 is 5.97 Å². The Labute approximate surface area is 127 Å². The van der Waals surface area contributed by atoms with E-state index in [1.165, 1.54) is 25.9 Å². The number of nitrogens with one attached hydrogen (secondary N) is 2. The Kier molecular flexibility index (Phi) is 8.82. The van der Waals surface area contributed by atoms with Crippen LogP contribution in [0.2, 0.25) is 0 Å². The van der Waals surface area contributed by atoms with Crippen molar-refractivity contribution in [1.29, 1.82) is 0 Å². The molecule has 0 radical (unpaired) electrons. The summed E-state index contributed by atoms with van der Waals surface area (Å²) < 4.78 is 0. The third-order valence-corrected chi connectivity index (χ3v) is 3.73. The first-order valence-electron chi connectivity index (χ1n) is 8.04. The van der Waals surface area contributed by atoms with E-state index in [0.29, 0.717) is 25.4 Å². The van der Waals surface area contributed by atoms with Crippen molar-refractivity contribution in [2.75, 3.05) is 32.7 Å². The number of aliphatic carboxylic acids is 1. The largest absolute Gasteiger partial charge is 0.481 e. The maximum Gasteiger partial charge on any atom is 0.314 e. The van der Waals surface area contributed by atoms with Crippen LogP contribution in [0, 0.1) is 5.92 Å². The topological polar surface area (TPSA) is 81.7 Å². The van der Waals surface area contributed by atoms with Gasteiger partial charge in [-0.2, -0.15) is 0 Å². The second kappa shape index (κ2) is 10.4. The number of carboxylic acids is 1. The molecule has 1 fully saturated rings. The Bertz CT molecular complexity index is 317. The van der Waals surface area contributed by atoms with Crippen LogP contribution in [0.1, 0.15) is 45.4 Å². The van der Waals surface area contributed by atoms with Crippen molar-refractivity contribution in [3.05, 3.63) is 0 Å². The highest BCUT2D eigenvalue weighted by molar-refractivity contribution is 5.73. The smallest absolute Gasteiger partial charge is 0.314 e. The number of carbonyl (C=O) groups excluding carboxylic acids is 1. The predicted molar refractivity (Wildman–Crippen MR) is 82.3 cm³/mol. The number of carbonyl (C=O) groups is 2. The number of hydrogen-bond acceptors (Lipinski definition) is 3. The van der Waals surface area contributed by atoms with E-state index in [1.807, 2.05) is 0 Å². The quantitative estimate of drug-likeness (QED) is 0.536. The molecule has 6 heteroatoms. The molecule has 1 aliphatic heterocycles. The number of unbranched alkanes of at least 4 members (excludes halogenated alkanes) is 2. The summed E-state index contributed by atoms with van der Waals surface area (Å²) in [6.07, 6.45) is 5.12. The van der Waals surface area contributed by atoms with Crippen LogP contribution in [-0.4, -0.2) is 54.7 Å². The summed E-state index contributed by atoms with van der Waals surface area (Å²) in [6, 6.07) is -0.124. The van der Waals surface area contributed by atoms with Crippen molar-refractivity contribution in [3.8, 4) is 0 Å². The molecule has 1 heterocycles. The zero-order chi connectivity index (χ0) is 15.5. The molecule has 0 bridgehead atoms. The molecule has 1 saturated heterocycles. The first-order valence-corrected chi connectivity index (χ1v) is 8.04. The summed E-state index contributed by atoms with van der Waals surface area (Å²) in [7, 11) is 0. The first-order chi connectivity index (χ1) is 10.1. The lowest BCUT2D eigenvalue weighted by Gasteiger charge is -2.20. The van der Waals surface area contributed by atoms with Gasteiger partial charge in [0, 0.05) is 26.1 Å². The van der Waals surface area contributed by atoms with Crippen LogP contribution in [0.4, 0.5) is 4.79 Å². The van der Waals surface area contributed by atoms with Crippen molar-refractivity contribution in [2.45, 2.75) is 45.4 Å². The van der Waals surface area contributed by atoms with E-state index in [0.717, 1.165) is 19.4 Å². The molecular weight excluding hydrogens is 270 g/mol. The third kappa shape index (κ3) is 9.28. The number of urea groups is 1. The first kappa shape index (κ1) is 17.8. The lowest BCUT2D eigenvalue weighted by atomic mass is 10.1. The van der Waals surface area contributed by atoms with Gasteiger partial charge in [-0.05, 0) is 44.7 Å². The summed E-state index contributed by atoms with van der Waals surface area (Å²) in [5.74, 6) is -0.294. The minimum absolute atomic E-state index is 0.124. The van der Waals surface area contributed by atoms with Gasteiger partial charge in [-0.3, -0.25) is 4.79 Å². The lowest BCUT2D eigenvalue weighted by Crippen LogP contribution is -2.40. The van der Waals surface area contributed by atoms with Gasteiger partial charge in [0.15, 0.2) is 0 Å². The van der Waals surface area contributed by atoms with Gasteiger partial charge in [0.1, 0.15) is 0 Å². The number of likely N-dealkylation sites (tertiary alicyclic amines) is 1. The van der Waals surface area contributed by atoms with Gasteiger partial charge in [0.2, 0.25) is 0 Å². The Morgan fingerprint density at radius 2 is 1.86 bits per heavy atom. The van der Waals surface area contributed by atoms with Crippen LogP contribution in [0.25, 0.3) is 0 Å². The molecule has 1 rings (SSSR count). The second-order valence-electron chi connectivity index (χ2n) is 5.95. The zero-order valence-corrected chi connectivity index (χ0v) is 13.1. The van der Waals surface area contributed by atoms with Gasteiger partial charge in [-0.1, -0.05) is 13.3 Å². The van der Waals surface area contributed by atoms with Crippen LogP contribution < -0.4 is 10.6 Å². The van der Waals surface area contributed by atoms with Gasteiger partial charge >= 0.3 is 12.0 Å². The molecule has 0 saturated carbocycles. The van der Waals surface area contributed by atoms with Crippen LogP contribution in [0.5, 0.6) is 0 Å². The van der Waals surface area contributed by atoms with Crippen molar-refractivity contribution in [2.24, 2.45) is 5.92 Å². The highest BCUT2D eigenvalue weighted by Crippen LogP contribution is 2.09. The molecule has 122 valence electrons. The highest BCUT2D eigenvalue weighted by atomic mass is 16.4. The molecule has 0 aromatic carbocycles. The van der Waals surface area contributed by atoms with Crippen molar-refractivity contribution in [1.82, 2.24) is 15.5 Å². The van der Waals surface area contributed by atoms with Crippen molar-refractivity contribution in [3.63, 3.8) is 0 Å². The van der Waals surface area contributed by atoms with Gasteiger partial charge in [-0.15, -0.1) is 0 Å². The highest BCUT2D eigenvalue weighted by Gasteiger charge is 2.14. The maximum absolute atomic E-state index is 11.6. The fourth-order valence-corrected chi connectivity index (χ4v) is 2.58. The van der Waals surface area contributed by atoms with Crippen LogP contribution in [-0.2, 0) is 4.79 Å². The summed E-state index contributed by atoms with van der Waals surface area (Å²) in [5.41, 5.74) is 0. The minimum atomic E-state index is -0.757. The summed E-state index contributed by atoms with van der Waals surface area (Å²) >= 11 is 0. The van der Waals surface area contributed by atoms with Gasteiger partial charge in [0.05, 0.1) is 0 Å². The molecule has 1 aliphatic rings. The van der Waals surface area contributed by atoms with Crippen LogP contribution in [0.15, 0.2) is 0 Å². The van der Waals surface area contributed by atoms with Crippen molar-refractivity contribution < 1.29 is 14.7 Å². The van der Waals surface area contributed by atoms with E-state index in [9.17, 15) is 9.59 Å². The summed E-state index contributed by atoms with van der Waals surface area (Å²) in [6.45, 7) is 6.88. The molecule has 3 N–H and O–H groups in total. The predicted octanol–water partition coefficient (Wildman–Crippen LogP) is 1.66. The Hall–Kier alpha value is -1.30. The molecular formula is C15H29N3O3. The molecule has 1 unspecified atom stereocenters. The molecule has 0 aliphatic carbocycles. The molecule has 2 amide bonds. The number of carboxylic acid groups (broad SMARTS) is 1. The monoisotopic (exact) mass is 299 g/mol. The average molecular weight is 299 g/mol. The van der Waals surface area contributed by atoms with E-state index in [2.05, 4.69) is 22.5 Å². The van der Waals surface area contributed by atoms with Crippen molar-refractivity contribution >= 4 is 12.0 Å². The van der Waals surface area contributed by atoms with Gasteiger partial charge < -0.3 is 20.6 Å². The fourth-order valence-electron chi connectivity index (χ4n) is 2.58. The zero-order valence-electron chi connectivity index (χ0n) is 13.1. The molecule has 0 aromatic rings. The Morgan fingerprint density at radius 3 is 2.52 bits per heavy atom. The van der Waals surface area contributed by atoms with E-state index in [1.54, 1.807) is 0 Å². The SMILES string of the molecule is CC(CNC(=O)NCCCCCC(=O)O)CN1CCCC1. The summed E-state index contributed by atoms with van der Waals surface area (Å²) in [4.78, 5) is 24.4. The molecule has 6 nitrogen and oxygen atoms in total. The number of hydrogen-bond donors (Lipinski definition) is 3. The average Bonchev–Trinajstić information content (AvgIpc) is 2.93. The molecule has 0 spiro atoms. The minimum Gasteiger partial charge on any atom is -0.481 e. The number of amides is 2. The fraction of sp³-hybridized carbons (Fsp3) is 0.867.